The van der Waals surface area contributed by atoms with Gasteiger partial charge in [0.2, 0.25) is 0 Å². The molecule has 2 aliphatic carbocycles. The molecule has 20 heavy (non-hydrogen) atoms. The van der Waals surface area contributed by atoms with Crippen LogP contribution < -0.4 is 5.32 Å². The maximum Gasteiger partial charge on any atom is 0.0512 e. The molecular formula is C18H27NO. The van der Waals surface area contributed by atoms with Gasteiger partial charge in [-0.1, -0.05) is 24.3 Å². The Morgan fingerprint density at radius 2 is 1.75 bits per heavy atom. The van der Waals surface area contributed by atoms with Crippen LogP contribution in [-0.4, -0.2) is 23.8 Å². The summed E-state index contributed by atoms with van der Waals surface area (Å²) in [6.07, 6.45) is 7.10. The zero-order valence-electron chi connectivity index (χ0n) is 12.5. The number of aliphatic hydroxyl groups is 1. The van der Waals surface area contributed by atoms with Crippen molar-refractivity contribution in [1.29, 1.82) is 0 Å². The van der Waals surface area contributed by atoms with Crippen LogP contribution in [0.5, 0.6) is 0 Å². The Morgan fingerprint density at radius 1 is 1.15 bits per heavy atom. The van der Waals surface area contributed by atoms with Crippen LogP contribution in [0.2, 0.25) is 0 Å². The van der Waals surface area contributed by atoms with Crippen LogP contribution in [0.15, 0.2) is 24.3 Å². The maximum atomic E-state index is 9.34. The van der Waals surface area contributed by atoms with Crippen molar-refractivity contribution in [2.75, 3.05) is 6.54 Å². The molecule has 1 fully saturated rings. The summed E-state index contributed by atoms with van der Waals surface area (Å²) in [5.74, 6) is 1.63. The van der Waals surface area contributed by atoms with E-state index in [9.17, 15) is 5.11 Å². The lowest BCUT2D eigenvalue weighted by Crippen LogP contribution is -2.38. The SMILES string of the molecule is C[C@H](O)CCCNC1[C@H]2CC[C@H]1Cc1ccccc1C2. The molecule has 2 aliphatic rings. The highest BCUT2D eigenvalue weighted by Crippen LogP contribution is 2.39. The second-order valence-corrected chi connectivity index (χ2v) is 6.75. The number of hydrogen-bond acceptors (Lipinski definition) is 2. The first-order valence-electron chi connectivity index (χ1n) is 8.22. The number of fused-ring (bicyclic) bond motifs is 3. The van der Waals surface area contributed by atoms with Crippen LogP contribution in [0.1, 0.15) is 43.7 Å². The summed E-state index contributed by atoms with van der Waals surface area (Å²) < 4.78 is 0. The van der Waals surface area contributed by atoms with E-state index in [-0.39, 0.29) is 6.10 Å². The molecule has 0 unspecified atom stereocenters. The minimum absolute atomic E-state index is 0.160. The van der Waals surface area contributed by atoms with Crippen molar-refractivity contribution >= 4 is 0 Å². The number of hydrogen-bond donors (Lipinski definition) is 2. The molecule has 1 aromatic rings. The summed E-state index contributed by atoms with van der Waals surface area (Å²) in [7, 11) is 0. The summed E-state index contributed by atoms with van der Waals surface area (Å²) in [4.78, 5) is 0. The topological polar surface area (TPSA) is 32.3 Å². The molecule has 0 amide bonds. The van der Waals surface area contributed by atoms with Crippen LogP contribution in [-0.2, 0) is 12.8 Å². The largest absolute Gasteiger partial charge is 0.393 e. The molecule has 2 N–H and O–H groups in total. The lowest BCUT2D eigenvalue weighted by molar-refractivity contribution is 0.180. The zero-order valence-corrected chi connectivity index (χ0v) is 12.5. The van der Waals surface area contributed by atoms with Crippen LogP contribution >= 0.6 is 0 Å². The molecule has 2 heteroatoms. The number of aliphatic hydroxyl groups excluding tert-OH is 1. The molecule has 110 valence electrons. The highest BCUT2D eigenvalue weighted by atomic mass is 16.3. The molecule has 0 radical (unpaired) electrons. The smallest absolute Gasteiger partial charge is 0.0512 e. The fourth-order valence-corrected chi connectivity index (χ4v) is 4.15. The van der Waals surface area contributed by atoms with Gasteiger partial charge in [0, 0.05) is 6.04 Å². The average Bonchev–Trinajstić information content (AvgIpc) is 2.69. The van der Waals surface area contributed by atoms with Crippen LogP contribution in [0.3, 0.4) is 0 Å². The molecule has 3 atom stereocenters. The molecule has 0 heterocycles. The van der Waals surface area contributed by atoms with E-state index in [1.54, 1.807) is 11.1 Å². The van der Waals surface area contributed by atoms with Crippen molar-refractivity contribution in [3.63, 3.8) is 0 Å². The zero-order chi connectivity index (χ0) is 13.9. The third-order valence-corrected chi connectivity index (χ3v) is 5.19. The monoisotopic (exact) mass is 273 g/mol. The normalized spacial score (nSPS) is 29.8. The second kappa shape index (κ2) is 6.28. The predicted molar refractivity (Wildman–Crippen MR) is 82.8 cm³/mol. The predicted octanol–water partition coefficient (Wildman–Crippen LogP) is 2.93. The van der Waals surface area contributed by atoms with Gasteiger partial charge in [0.15, 0.2) is 0 Å². The van der Waals surface area contributed by atoms with E-state index in [4.69, 9.17) is 0 Å². The quantitative estimate of drug-likeness (QED) is 0.809. The Kier molecular flexibility index (Phi) is 4.42. The van der Waals surface area contributed by atoms with Crippen molar-refractivity contribution in [3.05, 3.63) is 35.4 Å². The lowest BCUT2D eigenvalue weighted by Gasteiger charge is -2.24. The van der Waals surface area contributed by atoms with Gasteiger partial charge in [-0.05, 0) is 75.0 Å². The first kappa shape index (κ1) is 14.1. The summed E-state index contributed by atoms with van der Waals surface area (Å²) in [5, 5.41) is 13.1. The lowest BCUT2D eigenvalue weighted by atomic mass is 9.94. The first-order chi connectivity index (χ1) is 9.74. The Bertz CT molecular complexity index is 410. The van der Waals surface area contributed by atoms with E-state index in [1.165, 1.54) is 25.7 Å². The summed E-state index contributed by atoms with van der Waals surface area (Å²) in [6, 6.07) is 9.70. The molecule has 2 nitrogen and oxygen atoms in total. The summed E-state index contributed by atoms with van der Waals surface area (Å²) in [5.41, 5.74) is 3.16. The van der Waals surface area contributed by atoms with Crippen LogP contribution in [0, 0.1) is 11.8 Å². The van der Waals surface area contributed by atoms with E-state index in [0.717, 1.165) is 31.2 Å². The van der Waals surface area contributed by atoms with Gasteiger partial charge in [-0.15, -0.1) is 0 Å². The van der Waals surface area contributed by atoms with Gasteiger partial charge in [-0.3, -0.25) is 0 Å². The standard InChI is InChI=1S/C18H27NO/c1-13(20)5-4-10-19-18-16-8-9-17(18)12-15-7-3-2-6-14(15)11-16/h2-3,6-7,13,16-20H,4-5,8-12H2,1H3/t13-,16-,17-/m0/s1. The van der Waals surface area contributed by atoms with Crippen molar-refractivity contribution in [2.24, 2.45) is 11.8 Å². The Morgan fingerprint density at radius 3 is 2.30 bits per heavy atom. The van der Waals surface area contributed by atoms with Gasteiger partial charge in [-0.2, -0.15) is 0 Å². The van der Waals surface area contributed by atoms with Gasteiger partial charge in [0.1, 0.15) is 0 Å². The average molecular weight is 273 g/mol. The minimum Gasteiger partial charge on any atom is -0.393 e. The van der Waals surface area contributed by atoms with Crippen LogP contribution in [0.4, 0.5) is 0 Å². The number of rotatable bonds is 5. The second-order valence-electron chi connectivity index (χ2n) is 6.75. The third-order valence-electron chi connectivity index (χ3n) is 5.19. The molecule has 1 aromatic carbocycles. The third kappa shape index (κ3) is 3.07. The van der Waals surface area contributed by atoms with Gasteiger partial charge in [0.05, 0.1) is 6.10 Å². The van der Waals surface area contributed by atoms with E-state index < -0.39 is 0 Å². The fraction of sp³-hybridized carbons (Fsp3) is 0.667. The minimum atomic E-state index is -0.160. The number of benzene rings is 1. The highest BCUT2D eigenvalue weighted by molar-refractivity contribution is 5.30. The Labute approximate surface area is 122 Å². The fourth-order valence-electron chi connectivity index (χ4n) is 4.15. The van der Waals surface area contributed by atoms with Crippen molar-refractivity contribution in [2.45, 2.75) is 57.6 Å². The molecule has 0 spiro atoms. The van der Waals surface area contributed by atoms with E-state index >= 15 is 0 Å². The molecule has 1 saturated carbocycles. The molecular weight excluding hydrogens is 246 g/mol. The Balaban J connectivity index is 1.61. The van der Waals surface area contributed by atoms with Crippen molar-refractivity contribution < 1.29 is 5.11 Å². The maximum absolute atomic E-state index is 9.34. The summed E-state index contributed by atoms with van der Waals surface area (Å²) in [6.45, 7) is 2.94. The van der Waals surface area contributed by atoms with Gasteiger partial charge in [-0.25, -0.2) is 0 Å². The first-order valence-corrected chi connectivity index (χ1v) is 8.22. The van der Waals surface area contributed by atoms with Gasteiger partial charge < -0.3 is 10.4 Å². The van der Waals surface area contributed by atoms with Crippen LogP contribution in [0.25, 0.3) is 0 Å². The van der Waals surface area contributed by atoms with Crippen molar-refractivity contribution in [3.8, 4) is 0 Å². The number of nitrogens with one attached hydrogen (secondary N) is 1. The molecule has 0 aromatic heterocycles. The van der Waals surface area contributed by atoms with Gasteiger partial charge >= 0.3 is 0 Å². The van der Waals surface area contributed by atoms with E-state index in [2.05, 4.69) is 29.6 Å². The molecule has 0 saturated heterocycles. The molecule has 0 aliphatic heterocycles. The van der Waals surface area contributed by atoms with Gasteiger partial charge in [0.25, 0.3) is 0 Å². The summed E-state index contributed by atoms with van der Waals surface area (Å²) >= 11 is 0. The highest BCUT2D eigenvalue weighted by Gasteiger charge is 2.38. The van der Waals surface area contributed by atoms with E-state index in [1.807, 2.05) is 6.92 Å². The van der Waals surface area contributed by atoms with E-state index in [0.29, 0.717) is 6.04 Å². The molecule has 3 rings (SSSR count). The molecule has 2 bridgehead atoms. The van der Waals surface area contributed by atoms with Crippen molar-refractivity contribution in [1.82, 2.24) is 5.32 Å². The Hall–Kier alpha value is -0.860.